The SMILES string of the molecule is CCCc1ccc(Oc2c(F)cccc2[C@H](C)O)cc1. The molecule has 1 N–H and O–H groups in total. The molecule has 0 bridgehead atoms. The average Bonchev–Trinajstić information content (AvgIpc) is 2.43. The van der Waals surface area contributed by atoms with E-state index in [4.69, 9.17) is 4.74 Å². The van der Waals surface area contributed by atoms with Crippen molar-refractivity contribution >= 4 is 0 Å². The Bertz CT molecular complexity index is 562. The Labute approximate surface area is 118 Å². The molecule has 106 valence electrons. The van der Waals surface area contributed by atoms with Crippen LogP contribution in [0.25, 0.3) is 0 Å². The van der Waals surface area contributed by atoms with Crippen molar-refractivity contribution in [2.45, 2.75) is 32.8 Å². The number of halogens is 1. The van der Waals surface area contributed by atoms with E-state index in [1.807, 2.05) is 24.3 Å². The third-order valence-corrected chi connectivity index (χ3v) is 3.13. The summed E-state index contributed by atoms with van der Waals surface area (Å²) in [7, 11) is 0. The summed E-state index contributed by atoms with van der Waals surface area (Å²) in [6, 6.07) is 12.1. The number of hydrogen-bond acceptors (Lipinski definition) is 2. The second kappa shape index (κ2) is 6.53. The maximum absolute atomic E-state index is 13.9. The van der Waals surface area contributed by atoms with Gasteiger partial charge in [-0.05, 0) is 37.1 Å². The van der Waals surface area contributed by atoms with E-state index in [1.54, 1.807) is 19.1 Å². The van der Waals surface area contributed by atoms with Gasteiger partial charge in [-0.15, -0.1) is 0 Å². The minimum Gasteiger partial charge on any atom is -0.454 e. The topological polar surface area (TPSA) is 29.5 Å². The van der Waals surface area contributed by atoms with Gasteiger partial charge in [0.05, 0.1) is 6.10 Å². The Morgan fingerprint density at radius 3 is 2.45 bits per heavy atom. The van der Waals surface area contributed by atoms with Crippen LogP contribution in [0.15, 0.2) is 42.5 Å². The van der Waals surface area contributed by atoms with Gasteiger partial charge in [0.2, 0.25) is 0 Å². The zero-order chi connectivity index (χ0) is 14.5. The molecule has 2 rings (SSSR count). The number of ether oxygens (including phenoxy) is 1. The van der Waals surface area contributed by atoms with E-state index < -0.39 is 11.9 Å². The standard InChI is InChI=1S/C17H19FO2/c1-3-5-13-8-10-14(11-9-13)20-17-15(12(2)19)6-4-7-16(17)18/h4,6-12,19H,3,5H2,1-2H3/t12-/m0/s1. The van der Waals surface area contributed by atoms with Gasteiger partial charge in [-0.25, -0.2) is 4.39 Å². The van der Waals surface area contributed by atoms with Crippen molar-refractivity contribution in [2.75, 3.05) is 0 Å². The Morgan fingerprint density at radius 1 is 1.15 bits per heavy atom. The molecule has 0 radical (unpaired) electrons. The first-order valence-electron chi connectivity index (χ1n) is 6.85. The number of aliphatic hydroxyl groups excluding tert-OH is 1. The monoisotopic (exact) mass is 274 g/mol. The van der Waals surface area contributed by atoms with Gasteiger partial charge in [-0.3, -0.25) is 0 Å². The average molecular weight is 274 g/mol. The van der Waals surface area contributed by atoms with Crippen LogP contribution in [0.1, 0.15) is 37.5 Å². The van der Waals surface area contributed by atoms with Crippen molar-refractivity contribution in [3.05, 3.63) is 59.4 Å². The van der Waals surface area contributed by atoms with E-state index in [0.717, 1.165) is 12.8 Å². The van der Waals surface area contributed by atoms with Crippen LogP contribution in [0.2, 0.25) is 0 Å². The van der Waals surface area contributed by atoms with Crippen LogP contribution in [0.4, 0.5) is 4.39 Å². The summed E-state index contributed by atoms with van der Waals surface area (Å²) in [6.07, 6.45) is 1.32. The molecule has 0 aliphatic rings. The van der Waals surface area contributed by atoms with Crippen LogP contribution in [0.3, 0.4) is 0 Å². The number of aryl methyl sites for hydroxylation is 1. The van der Waals surface area contributed by atoms with Crippen molar-refractivity contribution in [3.8, 4) is 11.5 Å². The van der Waals surface area contributed by atoms with Crippen LogP contribution in [-0.4, -0.2) is 5.11 Å². The Hall–Kier alpha value is -1.87. The molecule has 0 aliphatic heterocycles. The Morgan fingerprint density at radius 2 is 1.85 bits per heavy atom. The molecule has 0 aliphatic carbocycles. The first-order chi connectivity index (χ1) is 9.61. The summed E-state index contributed by atoms with van der Waals surface area (Å²) in [4.78, 5) is 0. The maximum Gasteiger partial charge on any atom is 0.168 e. The molecule has 2 aromatic carbocycles. The molecule has 0 heterocycles. The summed E-state index contributed by atoms with van der Waals surface area (Å²) in [5, 5.41) is 9.67. The Kier molecular flexibility index (Phi) is 4.74. The molecule has 0 unspecified atom stereocenters. The van der Waals surface area contributed by atoms with Crippen molar-refractivity contribution < 1.29 is 14.2 Å². The number of aliphatic hydroxyl groups is 1. The summed E-state index contributed by atoms with van der Waals surface area (Å²) < 4.78 is 19.5. The van der Waals surface area contributed by atoms with Crippen molar-refractivity contribution in [2.24, 2.45) is 0 Å². The lowest BCUT2D eigenvalue weighted by Gasteiger charge is -2.14. The van der Waals surface area contributed by atoms with E-state index in [2.05, 4.69) is 6.92 Å². The normalized spacial score (nSPS) is 12.2. The lowest BCUT2D eigenvalue weighted by Crippen LogP contribution is -1.98. The fraction of sp³-hybridized carbons (Fsp3) is 0.294. The number of hydrogen-bond donors (Lipinski definition) is 1. The molecular weight excluding hydrogens is 255 g/mol. The van der Waals surface area contributed by atoms with Crippen LogP contribution in [0, 0.1) is 5.82 Å². The fourth-order valence-electron chi connectivity index (χ4n) is 2.09. The molecule has 1 atom stereocenters. The van der Waals surface area contributed by atoms with Gasteiger partial charge in [-0.1, -0.05) is 37.6 Å². The summed E-state index contributed by atoms with van der Waals surface area (Å²) in [6.45, 7) is 3.71. The molecule has 2 aromatic rings. The Balaban J connectivity index is 2.25. The van der Waals surface area contributed by atoms with Gasteiger partial charge >= 0.3 is 0 Å². The van der Waals surface area contributed by atoms with E-state index in [9.17, 15) is 9.50 Å². The number of para-hydroxylation sites is 1. The van der Waals surface area contributed by atoms with Gasteiger partial charge in [0.15, 0.2) is 11.6 Å². The third kappa shape index (κ3) is 3.36. The predicted molar refractivity (Wildman–Crippen MR) is 77.5 cm³/mol. The maximum atomic E-state index is 13.9. The number of rotatable bonds is 5. The zero-order valence-electron chi connectivity index (χ0n) is 11.8. The second-order valence-corrected chi connectivity index (χ2v) is 4.83. The molecule has 2 nitrogen and oxygen atoms in total. The molecule has 0 spiro atoms. The molecule has 0 amide bonds. The lowest BCUT2D eigenvalue weighted by molar-refractivity contribution is 0.194. The van der Waals surface area contributed by atoms with Gasteiger partial charge in [0, 0.05) is 5.56 Å². The van der Waals surface area contributed by atoms with Crippen LogP contribution in [-0.2, 0) is 6.42 Å². The largest absolute Gasteiger partial charge is 0.454 e. The van der Waals surface area contributed by atoms with Gasteiger partial charge < -0.3 is 9.84 Å². The minimum absolute atomic E-state index is 0.0886. The van der Waals surface area contributed by atoms with E-state index >= 15 is 0 Å². The minimum atomic E-state index is -0.778. The highest BCUT2D eigenvalue weighted by Crippen LogP contribution is 2.32. The first-order valence-corrected chi connectivity index (χ1v) is 6.85. The zero-order valence-corrected chi connectivity index (χ0v) is 11.8. The van der Waals surface area contributed by atoms with Crippen LogP contribution < -0.4 is 4.74 Å². The smallest absolute Gasteiger partial charge is 0.168 e. The highest BCUT2D eigenvalue weighted by atomic mass is 19.1. The van der Waals surface area contributed by atoms with Crippen molar-refractivity contribution in [1.82, 2.24) is 0 Å². The fourth-order valence-corrected chi connectivity index (χ4v) is 2.09. The van der Waals surface area contributed by atoms with Crippen LogP contribution >= 0.6 is 0 Å². The highest BCUT2D eigenvalue weighted by Gasteiger charge is 2.14. The molecule has 20 heavy (non-hydrogen) atoms. The molecule has 0 saturated heterocycles. The summed E-state index contributed by atoms with van der Waals surface area (Å²) in [5.74, 6) is 0.184. The highest BCUT2D eigenvalue weighted by molar-refractivity contribution is 5.40. The van der Waals surface area contributed by atoms with Gasteiger partial charge in [0.1, 0.15) is 5.75 Å². The number of benzene rings is 2. The molecule has 0 saturated carbocycles. The summed E-state index contributed by atoms with van der Waals surface area (Å²) >= 11 is 0. The molecular formula is C17H19FO2. The van der Waals surface area contributed by atoms with E-state index in [0.29, 0.717) is 11.3 Å². The van der Waals surface area contributed by atoms with Gasteiger partial charge in [0.25, 0.3) is 0 Å². The molecule has 0 aromatic heterocycles. The quantitative estimate of drug-likeness (QED) is 0.861. The van der Waals surface area contributed by atoms with Crippen molar-refractivity contribution in [3.63, 3.8) is 0 Å². The first kappa shape index (κ1) is 14.5. The third-order valence-electron chi connectivity index (χ3n) is 3.13. The predicted octanol–water partition coefficient (Wildman–Crippen LogP) is 4.62. The van der Waals surface area contributed by atoms with Crippen molar-refractivity contribution in [1.29, 1.82) is 0 Å². The lowest BCUT2D eigenvalue weighted by atomic mass is 10.1. The van der Waals surface area contributed by atoms with E-state index in [1.165, 1.54) is 11.6 Å². The second-order valence-electron chi connectivity index (χ2n) is 4.83. The van der Waals surface area contributed by atoms with Crippen LogP contribution in [0.5, 0.6) is 11.5 Å². The molecule has 0 fully saturated rings. The van der Waals surface area contributed by atoms with Gasteiger partial charge in [-0.2, -0.15) is 0 Å². The summed E-state index contributed by atoms with van der Waals surface area (Å²) in [5.41, 5.74) is 1.67. The van der Waals surface area contributed by atoms with E-state index in [-0.39, 0.29) is 5.75 Å². The molecule has 3 heteroatoms.